The van der Waals surface area contributed by atoms with E-state index < -0.39 is 0 Å². The minimum Gasteiger partial charge on any atom is -0.368 e. The van der Waals surface area contributed by atoms with Crippen LogP contribution in [0, 0.1) is 6.92 Å². The van der Waals surface area contributed by atoms with Gasteiger partial charge < -0.3 is 10.5 Å². The summed E-state index contributed by atoms with van der Waals surface area (Å²) in [6.07, 6.45) is 1.79. The Morgan fingerprint density at radius 2 is 2.33 bits per heavy atom. The molecule has 0 aromatic carbocycles. The Morgan fingerprint density at radius 3 is 2.94 bits per heavy atom. The minimum absolute atomic E-state index is 0.0216. The van der Waals surface area contributed by atoms with Crippen molar-refractivity contribution < 1.29 is 4.74 Å². The number of hydrogen-bond donors (Lipinski definition) is 1. The SMILES string of the molecule is Cc1nc(C2CN(C(C)C)CCO2)ncc1CN. The average molecular weight is 250 g/mol. The van der Waals surface area contributed by atoms with E-state index in [9.17, 15) is 0 Å². The van der Waals surface area contributed by atoms with Crippen LogP contribution in [0.3, 0.4) is 0 Å². The van der Waals surface area contributed by atoms with E-state index in [1.807, 2.05) is 13.1 Å². The van der Waals surface area contributed by atoms with Crippen molar-refractivity contribution in [2.24, 2.45) is 5.73 Å². The molecule has 2 rings (SSSR count). The summed E-state index contributed by atoms with van der Waals surface area (Å²) in [5, 5.41) is 0. The standard InChI is InChI=1S/C13H22N4O/c1-9(2)17-4-5-18-12(8-17)13-15-7-11(6-14)10(3)16-13/h7,9,12H,4-6,8,14H2,1-3H3. The van der Waals surface area contributed by atoms with Crippen molar-refractivity contribution in [1.82, 2.24) is 14.9 Å². The van der Waals surface area contributed by atoms with Crippen LogP contribution in [0.1, 0.15) is 37.0 Å². The first-order valence-electron chi connectivity index (χ1n) is 6.50. The Morgan fingerprint density at radius 1 is 1.56 bits per heavy atom. The lowest BCUT2D eigenvalue weighted by atomic mass is 10.2. The Labute approximate surface area is 108 Å². The summed E-state index contributed by atoms with van der Waals surface area (Å²) in [5.74, 6) is 0.773. The molecule has 0 bridgehead atoms. The third-order valence-corrected chi connectivity index (χ3v) is 3.44. The third-order valence-electron chi connectivity index (χ3n) is 3.44. The molecule has 1 aromatic rings. The molecule has 5 nitrogen and oxygen atoms in total. The van der Waals surface area contributed by atoms with Gasteiger partial charge in [0.05, 0.1) is 6.61 Å². The summed E-state index contributed by atoms with van der Waals surface area (Å²) >= 11 is 0. The lowest BCUT2D eigenvalue weighted by Gasteiger charge is -2.34. The predicted octanol–water partition coefficient (Wildman–Crippen LogP) is 1.03. The molecule has 100 valence electrons. The van der Waals surface area contributed by atoms with Gasteiger partial charge in [0.2, 0.25) is 0 Å². The van der Waals surface area contributed by atoms with Gasteiger partial charge in [-0.1, -0.05) is 0 Å². The highest BCUT2D eigenvalue weighted by Crippen LogP contribution is 2.21. The van der Waals surface area contributed by atoms with Crippen LogP contribution >= 0.6 is 0 Å². The van der Waals surface area contributed by atoms with E-state index in [0.29, 0.717) is 12.6 Å². The molecule has 1 aliphatic heterocycles. The summed E-state index contributed by atoms with van der Waals surface area (Å²) in [7, 11) is 0. The molecule has 2 N–H and O–H groups in total. The zero-order valence-corrected chi connectivity index (χ0v) is 11.4. The highest BCUT2D eigenvalue weighted by atomic mass is 16.5. The van der Waals surface area contributed by atoms with Gasteiger partial charge in [-0.25, -0.2) is 9.97 Å². The van der Waals surface area contributed by atoms with E-state index in [-0.39, 0.29) is 6.10 Å². The molecule has 0 aliphatic carbocycles. The maximum Gasteiger partial charge on any atom is 0.158 e. The molecule has 1 saturated heterocycles. The number of morpholine rings is 1. The highest BCUT2D eigenvalue weighted by molar-refractivity contribution is 5.16. The van der Waals surface area contributed by atoms with Crippen LogP contribution in [0.2, 0.25) is 0 Å². The summed E-state index contributed by atoms with van der Waals surface area (Å²) in [4.78, 5) is 11.3. The van der Waals surface area contributed by atoms with Crippen LogP contribution in [0.4, 0.5) is 0 Å². The summed E-state index contributed by atoms with van der Waals surface area (Å²) in [6, 6.07) is 0.529. The maximum atomic E-state index is 5.77. The van der Waals surface area contributed by atoms with Gasteiger partial charge in [0.15, 0.2) is 5.82 Å². The summed E-state index contributed by atoms with van der Waals surface area (Å²) in [6.45, 7) is 9.43. The molecule has 1 aromatic heterocycles. The van der Waals surface area contributed by atoms with E-state index in [4.69, 9.17) is 10.5 Å². The van der Waals surface area contributed by atoms with Crippen LogP contribution in [0.25, 0.3) is 0 Å². The largest absolute Gasteiger partial charge is 0.368 e. The van der Waals surface area contributed by atoms with Crippen molar-refractivity contribution in [2.45, 2.75) is 39.5 Å². The van der Waals surface area contributed by atoms with Crippen molar-refractivity contribution in [3.63, 3.8) is 0 Å². The first-order chi connectivity index (χ1) is 8.61. The molecular weight excluding hydrogens is 228 g/mol. The van der Waals surface area contributed by atoms with Gasteiger partial charge in [-0.2, -0.15) is 0 Å². The highest BCUT2D eigenvalue weighted by Gasteiger charge is 2.25. The Kier molecular flexibility index (Phi) is 4.27. The van der Waals surface area contributed by atoms with E-state index in [2.05, 4.69) is 28.7 Å². The van der Waals surface area contributed by atoms with E-state index >= 15 is 0 Å². The van der Waals surface area contributed by atoms with Crippen LogP contribution in [0.5, 0.6) is 0 Å². The van der Waals surface area contributed by atoms with Crippen LogP contribution in [0.15, 0.2) is 6.20 Å². The molecule has 1 fully saturated rings. The lowest BCUT2D eigenvalue weighted by molar-refractivity contribution is -0.0443. The Balaban J connectivity index is 2.13. The second-order valence-electron chi connectivity index (χ2n) is 4.99. The molecule has 1 atom stereocenters. The lowest BCUT2D eigenvalue weighted by Crippen LogP contribution is -2.42. The third kappa shape index (κ3) is 2.85. The molecule has 18 heavy (non-hydrogen) atoms. The molecule has 1 aliphatic rings. The fraction of sp³-hybridized carbons (Fsp3) is 0.692. The van der Waals surface area contributed by atoms with Crippen LogP contribution < -0.4 is 5.73 Å². The zero-order valence-electron chi connectivity index (χ0n) is 11.4. The number of hydrogen-bond acceptors (Lipinski definition) is 5. The molecule has 0 spiro atoms. The average Bonchev–Trinajstić information content (AvgIpc) is 2.38. The molecular formula is C13H22N4O. The number of nitrogens with two attached hydrogens (primary N) is 1. The molecule has 0 amide bonds. The van der Waals surface area contributed by atoms with Crippen molar-refractivity contribution >= 4 is 0 Å². The van der Waals surface area contributed by atoms with Gasteiger partial charge in [0.25, 0.3) is 0 Å². The smallest absolute Gasteiger partial charge is 0.158 e. The van der Waals surface area contributed by atoms with Crippen molar-refractivity contribution in [3.8, 4) is 0 Å². The van der Waals surface area contributed by atoms with E-state index in [1.54, 1.807) is 0 Å². The molecule has 0 radical (unpaired) electrons. The normalized spacial score (nSPS) is 21.5. The number of nitrogens with zero attached hydrogens (tertiary/aromatic N) is 3. The van der Waals surface area contributed by atoms with Gasteiger partial charge in [-0.3, -0.25) is 4.90 Å². The van der Waals surface area contributed by atoms with Crippen LogP contribution in [-0.4, -0.2) is 40.6 Å². The fourth-order valence-electron chi connectivity index (χ4n) is 2.16. The molecule has 2 heterocycles. The Bertz CT molecular complexity index is 408. The van der Waals surface area contributed by atoms with Gasteiger partial charge in [0, 0.05) is 43.1 Å². The van der Waals surface area contributed by atoms with E-state index in [1.165, 1.54) is 0 Å². The number of rotatable bonds is 3. The van der Waals surface area contributed by atoms with Crippen molar-refractivity contribution in [1.29, 1.82) is 0 Å². The monoisotopic (exact) mass is 250 g/mol. The number of aromatic nitrogens is 2. The topological polar surface area (TPSA) is 64.3 Å². The fourth-order valence-corrected chi connectivity index (χ4v) is 2.16. The van der Waals surface area contributed by atoms with Crippen molar-refractivity contribution in [3.05, 3.63) is 23.3 Å². The van der Waals surface area contributed by atoms with Gasteiger partial charge in [-0.15, -0.1) is 0 Å². The van der Waals surface area contributed by atoms with Gasteiger partial charge >= 0.3 is 0 Å². The maximum absolute atomic E-state index is 5.77. The zero-order chi connectivity index (χ0) is 13.1. The van der Waals surface area contributed by atoms with Gasteiger partial charge in [-0.05, 0) is 20.8 Å². The van der Waals surface area contributed by atoms with Crippen LogP contribution in [-0.2, 0) is 11.3 Å². The molecule has 1 unspecified atom stereocenters. The quantitative estimate of drug-likeness (QED) is 0.868. The minimum atomic E-state index is -0.0216. The molecule has 0 saturated carbocycles. The number of aryl methyl sites for hydroxylation is 1. The van der Waals surface area contributed by atoms with Crippen molar-refractivity contribution in [2.75, 3.05) is 19.7 Å². The number of ether oxygens (including phenoxy) is 1. The van der Waals surface area contributed by atoms with E-state index in [0.717, 1.165) is 36.8 Å². The second kappa shape index (κ2) is 5.73. The summed E-state index contributed by atoms with van der Waals surface area (Å²) < 4.78 is 5.77. The Hall–Kier alpha value is -1.04. The van der Waals surface area contributed by atoms with Gasteiger partial charge in [0.1, 0.15) is 6.10 Å². The first-order valence-corrected chi connectivity index (χ1v) is 6.50. The summed E-state index contributed by atoms with van der Waals surface area (Å²) in [5.41, 5.74) is 7.57. The predicted molar refractivity (Wildman–Crippen MR) is 70.1 cm³/mol. The first kappa shape index (κ1) is 13.4. The second-order valence-corrected chi connectivity index (χ2v) is 4.99. The molecule has 5 heteroatoms.